The molecule has 70 valence electrons. The first kappa shape index (κ1) is 3.37. The maximum absolute atomic E-state index is 9.13. The lowest BCUT2D eigenvalue weighted by Gasteiger charge is -2.18. The highest BCUT2D eigenvalue weighted by atomic mass is 16.4. The van der Waals surface area contributed by atoms with E-state index in [1.54, 1.807) is 0 Å². The zero-order valence-electron chi connectivity index (χ0n) is 15.7. The molecular formula is C9H14BNO2. The summed E-state index contributed by atoms with van der Waals surface area (Å²) in [4.78, 5) is 3.59. The minimum absolute atomic E-state index is 0.257. The second kappa shape index (κ2) is 3.48. The Morgan fingerprint density at radius 1 is 1.46 bits per heavy atom. The summed E-state index contributed by atoms with van der Waals surface area (Å²) in [5.41, 5.74) is -4.28. The van der Waals surface area contributed by atoms with E-state index >= 15 is 0 Å². The molecule has 0 bridgehead atoms. The van der Waals surface area contributed by atoms with Gasteiger partial charge in [0.1, 0.15) is 0 Å². The van der Waals surface area contributed by atoms with E-state index in [-0.39, 0.29) is 5.46 Å². The highest BCUT2D eigenvalue weighted by Crippen LogP contribution is 2.17. The second-order valence-corrected chi connectivity index (χ2v) is 2.60. The van der Waals surface area contributed by atoms with Crippen LogP contribution in [0.15, 0.2) is 18.3 Å². The highest BCUT2D eigenvalue weighted by molar-refractivity contribution is 6.58. The molecule has 1 aromatic rings. The van der Waals surface area contributed by atoms with Crippen molar-refractivity contribution in [2.45, 2.75) is 26.0 Å². The van der Waals surface area contributed by atoms with Gasteiger partial charge >= 0.3 is 7.12 Å². The van der Waals surface area contributed by atoms with E-state index in [2.05, 4.69) is 4.98 Å². The Balaban J connectivity index is 3.83. The molecule has 13 heavy (non-hydrogen) atoms. The number of pyridine rings is 1. The summed E-state index contributed by atoms with van der Waals surface area (Å²) in [5, 5.41) is 18.3. The van der Waals surface area contributed by atoms with Crippen molar-refractivity contribution < 1.29 is 22.4 Å². The van der Waals surface area contributed by atoms with Gasteiger partial charge in [-0.3, -0.25) is 4.98 Å². The summed E-state index contributed by atoms with van der Waals surface area (Å²) < 4.78 is 67.6. The fraction of sp³-hybridized carbons (Fsp3) is 0.444. The van der Waals surface area contributed by atoms with E-state index < -0.39 is 38.8 Å². The highest BCUT2D eigenvalue weighted by Gasteiger charge is 2.18. The van der Waals surface area contributed by atoms with Crippen molar-refractivity contribution in [3.8, 4) is 0 Å². The molecule has 0 amide bonds. The summed E-state index contributed by atoms with van der Waals surface area (Å²) >= 11 is 0. The van der Waals surface area contributed by atoms with Crippen LogP contribution in [0.4, 0.5) is 0 Å². The maximum atomic E-state index is 9.13. The average Bonchev–Trinajstić information content (AvgIpc) is 2.23. The third-order valence-electron chi connectivity index (χ3n) is 1.47. The van der Waals surface area contributed by atoms with Gasteiger partial charge in [0.25, 0.3) is 0 Å². The topological polar surface area (TPSA) is 53.4 Å². The van der Waals surface area contributed by atoms with Crippen molar-refractivity contribution in [1.29, 1.82) is 0 Å². The van der Waals surface area contributed by atoms with Gasteiger partial charge < -0.3 is 10.0 Å². The van der Waals surface area contributed by atoms with E-state index in [1.165, 1.54) is 0 Å². The number of hydrogen-bond acceptors (Lipinski definition) is 3. The van der Waals surface area contributed by atoms with Crippen LogP contribution in [-0.4, -0.2) is 22.2 Å². The predicted molar refractivity (Wildman–Crippen MR) is 52.8 cm³/mol. The first-order valence-electron chi connectivity index (χ1n) is 7.99. The van der Waals surface area contributed by atoms with Crippen LogP contribution in [-0.2, 0) is 5.41 Å². The summed E-state index contributed by atoms with van der Waals surface area (Å²) in [6.07, 6.45) is 0.933. The van der Waals surface area contributed by atoms with Crippen molar-refractivity contribution in [3.05, 3.63) is 24.0 Å². The molecule has 0 saturated carbocycles. The predicted octanol–water partition coefficient (Wildman–Crippen LogP) is 0.0589. The molecule has 3 nitrogen and oxygen atoms in total. The van der Waals surface area contributed by atoms with Gasteiger partial charge in [0, 0.05) is 29.6 Å². The lowest BCUT2D eigenvalue weighted by Crippen LogP contribution is -2.31. The van der Waals surface area contributed by atoms with Crippen molar-refractivity contribution in [2.75, 3.05) is 0 Å². The zero-order valence-corrected chi connectivity index (χ0v) is 6.65. The molecule has 0 spiro atoms. The largest absolute Gasteiger partial charge is 0.488 e. The van der Waals surface area contributed by atoms with Crippen LogP contribution in [0.25, 0.3) is 0 Å². The van der Waals surface area contributed by atoms with Crippen LogP contribution in [0.3, 0.4) is 0 Å². The molecular weight excluding hydrogens is 165 g/mol. The van der Waals surface area contributed by atoms with Crippen LogP contribution in [0.5, 0.6) is 0 Å². The molecule has 0 fully saturated rings. The van der Waals surface area contributed by atoms with E-state index in [0.29, 0.717) is 0 Å². The molecule has 0 aromatic carbocycles. The van der Waals surface area contributed by atoms with E-state index in [0.717, 1.165) is 18.3 Å². The Labute approximate surface area is 91.2 Å². The molecule has 0 aliphatic rings. The smallest absolute Gasteiger partial charge is 0.423 e. The number of nitrogens with zero attached hydrogens (tertiary/aromatic N) is 1. The lowest BCUT2D eigenvalue weighted by atomic mass is 9.78. The van der Waals surface area contributed by atoms with Gasteiger partial charge in [-0.2, -0.15) is 0 Å². The molecule has 2 N–H and O–H groups in total. The fourth-order valence-electron chi connectivity index (χ4n) is 0.813. The summed E-state index contributed by atoms with van der Waals surface area (Å²) in [6, 6.07) is 1.88. The van der Waals surface area contributed by atoms with Gasteiger partial charge in [-0.25, -0.2) is 0 Å². The minimum Gasteiger partial charge on any atom is -0.423 e. The van der Waals surface area contributed by atoms with Crippen molar-refractivity contribution in [1.82, 2.24) is 4.98 Å². The summed E-state index contributed by atoms with van der Waals surface area (Å²) in [7, 11) is -2.02. The summed E-state index contributed by atoms with van der Waals surface area (Å²) in [6.45, 7) is -10.3. The molecule has 0 saturated heterocycles. The second-order valence-electron chi connectivity index (χ2n) is 2.60. The van der Waals surface area contributed by atoms with Crippen LogP contribution >= 0.6 is 0 Å². The molecule has 0 radical (unpaired) electrons. The third-order valence-corrected chi connectivity index (χ3v) is 1.47. The average molecular weight is 188 g/mol. The quantitative estimate of drug-likeness (QED) is 0.612. The molecule has 0 atom stereocenters. The van der Waals surface area contributed by atoms with E-state index in [1.807, 2.05) is 0 Å². The minimum atomic E-state index is -3.43. The fourth-order valence-corrected chi connectivity index (χ4v) is 0.813. The Morgan fingerprint density at radius 3 is 2.69 bits per heavy atom. The Kier molecular flexibility index (Phi) is 0.901. The van der Waals surface area contributed by atoms with Crippen LogP contribution in [0.1, 0.15) is 38.6 Å². The molecule has 4 heteroatoms. The van der Waals surface area contributed by atoms with E-state index in [9.17, 15) is 0 Å². The zero-order chi connectivity index (χ0) is 17.6. The van der Waals surface area contributed by atoms with Gasteiger partial charge in [-0.15, -0.1) is 0 Å². The van der Waals surface area contributed by atoms with E-state index in [4.69, 9.17) is 22.4 Å². The normalized spacial score (nSPS) is 24.6. The SMILES string of the molecule is [2H]C([2H])([2H])C(c1cc(B(O)O)ccn1)(C([2H])([2H])[2H])C([2H])([2H])[2H]. The van der Waals surface area contributed by atoms with Gasteiger partial charge in [0.05, 0.1) is 0 Å². The Hall–Kier alpha value is -0.865. The molecule has 0 unspecified atom stereocenters. The van der Waals surface area contributed by atoms with Gasteiger partial charge in [0.2, 0.25) is 0 Å². The molecule has 1 heterocycles. The molecule has 0 aliphatic carbocycles. The van der Waals surface area contributed by atoms with Crippen molar-refractivity contribution >= 4 is 12.6 Å². The number of hydrogen-bond donors (Lipinski definition) is 2. The maximum Gasteiger partial charge on any atom is 0.488 e. The van der Waals surface area contributed by atoms with Crippen LogP contribution in [0, 0.1) is 0 Å². The van der Waals surface area contributed by atoms with Crippen molar-refractivity contribution in [3.63, 3.8) is 0 Å². The standard InChI is InChI=1S/C9H14BNO2/c1-9(2,3)8-6-7(10(12)13)4-5-11-8/h4-6,12-13H,1-3H3/i1D3,2D3,3D3. The van der Waals surface area contributed by atoms with Crippen LogP contribution in [0.2, 0.25) is 0 Å². The molecule has 1 rings (SSSR count). The van der Waals surface area contributed by atoms with Gasteiger partial charge in [-0.05, 0) is 17.6 Å². The third kappa shape index (κ3) is 2.54. The van der Waals surface area contributed by atoms with Crippen LogP contribution < -0.4 is 5.46 Å². The number of aromatic nitrogens is 1. The van der Waals surface area contributed by atoms with Gasteiger partial charge in [0.15, 0.2) is 0 Å². The Morgan fingerprint density at radius 2 is 2.15 bits per heavy atom. The van der Waals surface area contributed by atoms with Crippen molar-refractivity contribution in [2.24, 2.45) is 0 Å². The number of rotatable bonds is 1. The first-order chi connectivity index (χ1) is 9.66. The molecule has 1 aromatic heterocycles. The Bertz CT molecular complexity index is 501. The summed E-state index contributed by atoms with van der Waals surface area (Å²) in [5.74, 6) is 0. The molecule has 0 aliphatic heterocycles. The first-order valence-corrected chi connectivity index (χ1v) is 3.49. The van der Waals surface area contributed by atoms with Gasteiger partial charge in [-0.1, -0.05) is 20.6 Å². The monoisotopic (exact) mass is 188 g/mol. The lowest BCUT2D eigenvalue weighted by molar-refractivity contribution is 0.425.